The number of rotatable bonds is 2. The molecule has 1 atom stereocenters. The van der Waals surface area contributed by atoms with Crippen LogP contribution in [0, 0.1) is 0 Å². The van der Waals surface area contributed by atoms with Crippen molar-refractivity contribution in [2.75, 3.05) is 7.11 Å². The summed E-state index contributed by atoms with van der Waals surface area (Å²) in [6, 6.07) is 8.21. The predicted molar refractivity (Wildman–Crippen MR) is 70.5 cm³/mol. The Balaban J connectivity index is 2.02. The number of ether oxygens (including phenoxy) is 1. The van der Waals surface area contributed by atoms with E-state index in [0.29, 0.717) is 0 Å². The molecule has 94 valence electrons. The lowest BCUT2D eigenvalue weighted by atomic mass is 10.1. The van der Waals surface area contributed by atoms with E-state index in [9.17, 15) is 0 Å². The molecular formula is C14H17N3O. The summed E-state index contributed by atoms with van der Waals surface area (Å²) >= 11 is 0. The molecule has 0 saturated carbocycles. The van der Waals surface area contributed by atoms with Crippen molar-refractivity contribution in [2.45, 2.75) is 25.4 Å². The van der Waals surface area contributed by atoms with Crippen molar-refractivity contribution in [1.82, 2.24) is 9.55 Å². The van der Waals surface area contributed by atoms with Crippen LogP contribution in [0.25, 0.3) is 11.3 Å². The first-order valence-corrected chi connectivity index (χ1v) is 6.23. The molecule has 2 aromatic rings. The quantitative estimate of drug-likeness (QED) is 0.875. The summed E-state index contributed by atoms with van der Waals surface area (Å²) in [4.78, 5) is 4.69. The Bertz CT molecular complexity index is 562. The standard InChI is InChI=1S/C14H17N3O/c1-18-13-5-3-2-4-11(13)12-9-17-8-10(15)6-7-14(17)16-12/h2-5,9-10H,6-8,15H2,1H3. The van der Waals surface area contributed by atoms with Gasteiger partial charge in [0.2, 0.25) is 0 Å². The molecule has 0 fully saturated rings. The monoisotopic (exact) mass is 243 g/mol. The minimum atomic E-state index is 0.247. The van der Waals surface area contributed by atoms with Crippen LogP contribution in [0.4, 0.5) is 0 Å². The van der Waals surface area contributed by atoms with Gasteiger partial charge in [0.1, 0.15) is 11.6 Å². The summed E-state index contributed by atoms with van der Waals surface area (Å²) in [6.45, 7) is 0.859. The number of para-hydroxylation sites is 1. The lowest BCUT2D eigenvalue weighted by Gasteiger charge is -2.19. The van der Waals surface area contributed by atoms with Crippen LogP contribution in [0.15, 0.2) is 30.5 Å². The smallest absolute Gasteiger partial charge is 0.128 e. The second-order valence-electron chi connectivity index (χ2n) is 4.69. The number of nitrogens with two attached hydrogens (primary N) is 1. The van der Waals surface area contributed by atoms with Crippen LogP contribution < -0.4 is 10.5 Å². The molecule has 1 aromatic carbocycles. The highest BCUT2D eigenvalue weighted by Gasteiger charge is 2.19. The van der Waals surface area contributed by atoms with E-state index in [4.69, 9.17) is 15.5 Å². The molecule has 1 aliphatic rings. The van der Waals surface area contributed by atoms with Crippen LogP contribution in [0.5, 0.6) is 5.75 Å². The number of aryl methyl sites for hydroxylation is 1. The molecule has 0 radical (unpaired) electrons. The highest BCUT2D eigenvalue weighted by molar-refractivity contribution is 5.66. The molecule has 18 heavy (non-hydrogen) atoms. The molecule has 3 rings (SSSR count). The van der Waals surface area contributed by atoms with E-state index < -0.39 is 0 Å². The van der Waals surface area contributed by atoms with E-state index in [2.05, 4.69) is 10.8 Å². The normalized spacial score (nSPS) is 18.4. The Labute approximate surface area is 106 Å². The van der Waals surface area contributed by atoms with E-state index in [1.54, 1.807) is 7.11 Å². The molecule has 0 aliphatic carbocycles. The van der Waals surface area contributed by atoms with Gasteiger partial charge in [-0.2, -0.15) is 0 Å². The molecule has 4 heteroatoms. The van der Waals surface area contributed by atoms with Crippen molar-refractivity contribution < 1.29 is 4.74 Å². The van der Waals surface area contributed by atoms with Gasteiger partial charge < -0.3 is 15.0 Å². The van der Waals surface area contributed by atoms with Crippen LogP contribution in [0.2, 0.25) is 0 Å². The zero-order chi connectivity index (χ0) is 12.5. The second-order valence-corrected chi connectivity index (χ2v) is 4.69. The van der Waals surface area contributed by atoms with E-state index in [1.807, 2.05) is 24.3 Å². The number of fused-ring (bicyclic) bond motifs is 1. The summed E-state index contributed by atoms with van der Waals surface area (Å²) in [6.07, 6.45) is 4.05. The number of benzene rings is 1. The molecule has 2 N–H and O–H groups in total. The molecular weight excluding hydrogens is 226 g/mol. The SMILES string of the molecule is COc1ccccc1-c1cn2c(n1)CCC(N)C2. The van der Waals surface area contributed by atoms with Crippen LogP contribution in [-0.4, -0.2) is 22.7 Å². The average Bonchev–Trinajstić information content (AvgIpc) is 2.81. The first-order valence-electron chi connectivity index (χ1n) is 6.23. The average molecular weight is 243 g/mol. The Morgan fingerprint density at radius 2 is 2.22 bits per heavy atom. The summed E-state index contributed by atoms with van der Waals surface area (Å²) in [5.74, 6) is 1.98. The maximum atomic E-state index is 5.98. The van der Waals surface area contributed by atoms with E-state index in [1.165, 1.54) is 0 Å². The van der Waals surface area contributed by atoms with Crippen molar-refractivity contribution in [1.29, 1.82) is 0 Å². The van der Waals surface area contributed by atoms with Gasteiger partial charge in [0, 0.05) is 30.8 Å². The summed E-state index contributed by atoms with van der Waals surface area (Å²) in [5, 5.41) is 0. The van der Waals surface area contributed by atoms with Gasteiger partial charge in [0.15, 0.2) is 0 Å². The Kier molecular flexibility index (Phi) is 2.80. The highest BCUT2D eigenvalue weighted by atomic mass is 16.5. The van der Waals surface area contributed by atoms with E-state index in [-0.39, 0.29) is 6.04 Å². The lowest BCUT2D eigenvalue weighted by Crippen LogP contribution is -2.31. The molecule has 1 aliphatic heterocycles. The summed E-state index contributed by atoms with van der Waals surface area (Å²) < 4.78 is 7.54. The molecule has 0 bridgehead atoms. The second kappa shape index (κ2) is 4.46. The summed E-state index contributed by atoms with van der Waals surface area (Å²) in [7, 11) is 1.69. The zero-order valence-electron chi connectivity index (χ0n) is 10.5. The number of hydrogen-bond donors (Lipinski definition) is 1. The van der Waals surface area contributed by atoms with Crippen molar-refractivity contribution in [3.8, 4) is 17.0 Å². The van der Waals surface area contributed by atoms with Gasteiger partial charge in [0.25, 0.3) is 0 Å². The van der Waals surface area contributed by atoms with Gasteiger partial charge in [-0.3, -0.25) is 0 Å². The maximum absolute atomic E-state index is 5.98. The third kappa shape index (κ3) is 1.88. The van der Waals surface area contributed by atoms with Gasteiger partial charge in [-0.05, 0) is 18.6 Å². The van der Waals surface area contributed by atoms with Crippen molar-refractivity contribution >= 4 is 0 Å². The molecule has 4 nitrogen and oxygen atoms in total. The molecule has 1 unspecified atom stereocenters. The Hall–Kier alpha value is -1.81. The van der Waals surface area contributed by atoms with E-state index >= 15 is 0 Å². The summed E-state index contributed by atoms with van der Waals surface area (Å²) in [5.41, 5.74) is 7.99. The van der Waals surface area contributed by atoms with Crippen molar-refractivity contribution in [2.24, 2.45) is 5.73 Å². The van der Waals surface area contributed by atoms with Gasteiger partial charge in [-0.25, -0.2) is 4.98 Å². The fraction of sp³-hybridized carbons (Fsp3) is 0.357. The molecule has 0 saturated heterocycles. The lowest BCUT2D eigenvalue weighted by molar-refractivity contribution is 0.416. The molecule has 1 aromatic heterocycles. The Morgan fingerprint density at radius 1 is 1.39 bits per heavy atom. The first kappa shape index (κ1) is 11.3. The third-order valence-electron chi connectivity index (χ3n) is 3.41. The number of aromatic nitrogens is 2. The fourth-order valence-corrected chi connectivity index (χ4v) is 2.46. The molecule has 2 heterocycles. The van der Waals surface area contributed by atoms with E-state index in [0.717, 1.165) is 42.2 Å². The van der Waals surface area contributed by atoms with Gasteiger partial charge >= 0.3 is 0 Å². The van der Waals surface area contributed by atoms with Crippen LogP contribution in [0.3, 0.4) is 0 Å². The molecule has 0 spiro atoms. The van der Waals surface area contributed by atoms with Gasteiger partial charge in [-0.1, -0.05) is 12.1 Å². The Morgan fingerprint density at radius 3 is 3.06 bits per heavy atom. The number of nitrogens with zero attached hydrogens (tertiary/aromatic N) is 2. The van der Waals surface area contributed by atoms with Gasteiger partial charge in [0.05, 0.1) is 12.8 Å². The van der Waals surface area contributed by atoms with Gasteiger partial charge in [-0.15, -0.1) is 0 Å². The predicted octanol–water partition coefficient (Wildman–Crippen LogP) is 1.83. The first-order chi connectivity index (χ1) is 8.78. The topological polar surface area (TPSA) is 53.1 Å². The van der Waals surface area contributed by atoms with Crippen LogP contribution >= 0.6 is 0 Å². The fourth-order valence-electron chi connectivity index (χ4n) is 2.46. The minimum absolute atomic E-state index is 0.247. The zero-order valence-corrected chi connectivity index (χ0v) is 10.5. The number of methoxy groups -OCH3 is 1. The highest BCUT2D eigenvalue weighted by Crippen LogP contribution is 2.29. The minimum Gasteiger partial charge on any atom is -0.496 e. The van der Waals surface area contributed by atoms with Crippen LogP contribution in [0.1, 0.15) is 12.2 Å². The maximum Gasteiger partial charge on any atom is 0.128 e. The largest absolute Gasteiger partial charge is 0.496 e. The third-order valence-corrected chi connectivity index (χ3v) is 3.41. The van der Waals surface area contributed by atoms with Crippen LogP contribution in [-0.2, 0) is 13.0 Å². The number of imidazole rings is 1. The van der Waals surface area contributed by atoms with Crippen molar-refractivity contribution in [3.05, 3.63) is 36.3 Å². The molecule has 0 amide bonds. The van der Waals surface area contributed by atoms with Crippen molar-refractivity contribution in [3.63, 3.8) is 0 Å². The number of hydrogen-bond acceptors (Lipinski definition) is 3.